The average molecular weight is 344 g/mol. The van der Waals surface area contributed by atoms with Gasteiger partial charge in [0.1, 0.15) is 17.3 Å². The lowest BCUT2D eigenvalue weighted by Gasteiger charge is -2.26. The van der Waals surface area contributed by atoms with Gasteiger partial charge in [0.2, 0.25) is 0 Å². The SMILES string of the molecule is O=C(Nc1ccc(Oc2cccc(F)c2)cc1)NC1CCC(O)CC1. The Hall–Kier alpha value is -2.60. The number of nitrogens with one attached hydrogen (secondary N) is 2. The first-order chi connectivity index (χ1) is 12.1. The molecule has 132 valence electrons. The summed E-state index contributed by atoms with van der Waals surface area (Å²) >= 11 is 0. The molecule has 3 N–H and O–H groups in total. The number of amides is 2. The van der Waals surface area contributed by atoms with Crippen molar-refractivity contribution >= 4 is 11.7 Å². The molecule has 0 bridgehead atoms. The topological polar surface area (TPSA) is 70.6 Å². The number of carbonyl (C=O) groups is 1. The van der Waals surface area contributed by atoms with Gasteiger partial charge in [-0.1, -0.05) is 6.07 Å². The number of anilines is 1. The van der Waals surface area contributed by atoms with Crippen LogP contribution in [0.5, 0.6) is 11.5 Å². The number of aliphatic hydroxyl groups is 1. The van der Waals surface area contributed by atoms with Crippen molar-refractivity contribution in [3.8, 4) is 11.5 Å². The van der Waals surface area contributed by atoms with E-state index < -0.39 is 0 Å². The predicted molar refractivity (Wildman–Crippen MR) is 93.3 cm³/mol. The van der Waals surface area contributed by atoms with Crippen LogP contribution in [-0.2, 0) is 0 Å². The number of halogens is 1. The molecular weight excluding hydrogens is 323 g/mol. The van der Waals surface area contributed by atoms with Crippen molar-refractivity contribution in [1.29, 1.82) is 0 Å². The maximum Gasteiger partial charge on any atom is 0.319 e. The minimum atomic E-state index is -0.359. The van der Waals surface area contributed by atoms with E-state index in [1.807, 2.05) is 0 Å². The maximum absolute atomic E-state index is 13.1. The van der Waals surface area contributed by atoms with E-state index in [0.29, 0.717) is 17.2 Å². The highest BCUT2D eigenvalue weighted by Crippen LogP contribution is 2.23. The fraction of sp³-hybridized carbons (Fsp3) is 0.316. The van der Waals surface area contributed by atoms with Crippen molar-refractivity contribution < 1.29 is 19.0 Å². The summed E-state index contributed by atoms with van der Waals surface area (Å²) < 4.78 is 18.7. The van der Waals surface area contributed by atoms with Crippen LogP contribution in [0.3, 0.4) is 0 Å². The van der Waals surface area contributed by atoms with Gasteiger partial charge in [-0.3, -0.25) is 0 Å². The number of aliphatic hydroxyl groups excluding tert-OH is 1. The first-order valence-electron chi connectivity index (χ1n) is 8.37. The Bertz CT molecular complexity index is 713. The Morgan fingerprint density at radius 1 is 1.04 bits per heavy atom. The second-order valence-electron chi connectivity index (χ2n) is 6.19. The van der Waals surface area contributed by atoms with Crippen LogP contribution in [0.2, 0.25) is 0 Å². The summed E-state index contributed by atoms with van der Waals surface area (Å²) in [7, 11) is 0. The van der Waals surface area contributed by atoms with Gasteiger partial charge in [0.05, 0.1) is 6.10 Å². The quantitative estimate of drug-likeness (QED) is 0.784. The molecule has 1 saturated carbocycles. The van der Waals surface area contributed by atoms with E-state index in [1.54, 1.807) is 36.4 Å². The second-order valence-corrected chi connectivity index (χ2v) is 6.19. The lowest BCUT2D eigenvalue weighted by molar-refractivity contribution is 0.118. The Labute approximate surface area is 145 Å². The van der Waals surface area contributed by atoms with Crippen LogP contribution in [0, 0.1) is 5.82 Å². The predicted octanol–water partition coefficient (Wildman–Crippen LogP) is 4.04. The van der Waals surface area contributed by atoms with E-state index in [9.17, 15) is 14.3 Å². The molecule has 0 aliphatic heterocycles. The third kappa shape index (κ3) is 5.19. The van der Waals surface area contributed by atoms with Crippen LogP contribution < -0.4 is 15.4 Å². The number of ether oxygens (including phenoxy) is 1. The lowest BCUT2D eigenvalue weighted by atomic mass is 9.93. The summed E-state index contributed by atoms with van der Waals surface area (Å²) in [6.45, 7) is 0. The smallest absolute Gasteiger partial charge is 0.319 e. The largest absolute Gasteiger partial charge is 0.457 e. The molecule has 5 nitrogen and oxygen atoms in total. The molecule has 1 aliphatic rings. The summed E-state index contributed by atoms with van der Waals surface area (Å²) in [4.78, 5) is 12.0. The molecule has 0 unspecified atom stereocenters. The lowest BCUT2D eigenvalue weighted by Crippen LogP contribution is -2.40. The highest BCUT2D eigenvalue weighted by molar-refractivity contribution is 5.89. The van der Waals surface area contributed by atoms with E-state index in [2.05, 4.69) is 10.6 Å². The zero-order chi connectivity index (χ0) is 17.6. The van der Waals surface area contributed by atoms with E-state index in [-0.39, 0.29) is 24.0 Å². The molecule has 6 heteroatoms. The van der Waals surface area contributed by atoms with Crippen molar-refractivity contribution in [3.63, 3.8) is 0 Å². The number of rotatable bonds is 4. The van der Waals surface area contributed by atoms with Gasteiger partial charge < -0.3 is 20.5 Å². The van der Waals surface area contributed by atoms with Crippen molar-refractivity contribution in [3.05, 3.63) is 54.3 Å². The summed E-state index contributed by atoms with van der Waals surface area (Å²) in [5.74, 6) is 0.610. The zero-order valence-corrected chi connectivity index (χ0v) is 13.7. The fourth-order valence-electron chi connectivity index (χ4n) is 2.85. The van der Waals surface area contributed by atoms with Gasteiger partial charge in [-0.25, -0.2) is 9.18 Å². The molecule has 0 heterocycles. The van der Waals surface area contributed by atoms with Crippen LogP contribution in [0.4, 0.5) is 14.9 Å². The Morgan fingerprint density at radius 3 is 2.44 bits per heavy atom. The number of hydrogen-bond acceptors (Lipinski definition) is 3. The normalized spacial score (nSPS) is 19.9. The van der Waals surface area contributed by atoms with Crippen molar-refractivity contribution in [2.75, 3.05) is 5.32 Å². The summed E-state index contributed by atoms with van der Waals surface area (Å²) in [5, 5.41) is 15.2. The van der Waals surface area contributed by atoms with Crippen LogP contribution in [0.1, 0.15) is 25.7 Å². The third-order valence-electron chi connectivity index (χ3n) is 4.18. The van der Waals surface area contributed by atoms with E-state index in [0.717, 1.165) is 25.7 Å². The molecule has 1 aliphatic carbocycles. The van der Waals surface area contributed by atoms with Crippen LogP contribution >= 0.6 is 0 Å². The van der Waals surface area contributed by atoms with Crippen molar-refractivity contribution in [1.82, 2.24) is 5.32 Å². The Morgan fingerprint density at radius 2 is 1.76 bits per heavy atom. The number of hydrogen-bond donors (Lipinski definition) is 3. The van der Waals surface area contributed by atoms with Crippen LogP contribution in [0.15, 0.2) is 48.5 Å². The number of carbonyl (C=O) groups excluding carboxylic acids is 1. The van der Waals surface area contributed by atoms with Gasteiger partial charge >= 0.3 is 6.03 Å². The van der Waals surface area contributed by atoms with Gasteiger partial charge in [-0.2, -0.15) is 0 Å². The molecule has 1 fully saturated rings. The summed E-state index contributed by atoms with van der Waals surface area (Å²) in [6, 6.07) is 12.6. The van der Waals surface area contributed by atoms with Crippen molar-refractivity contribution in [2.24, 2.45) is 0 Å². The molecule has 2 aromatic carbocycles. The number of benzene rings is 2. The highest BCUT2D eigenvalue weighted by Gasteiger charge is 2.20. The highest BCUT2D eigenvalue weighted by atomic mass is 19.1. The fourth-order valence-corrected chi connectivity index (χ4v) is 2.85. The van der Waals surface area contributed by atoms with Gasteiger partial charge in [0.25, 0.3) is 0 Å². The molecule has 0 atom stereocenters. The van der Waals surface area contributed by atoms with Gasteiger partial charge in [-0.05, 0) is 62.1 Å². The van der Waals surface area contributed by atoms with Gasteiger partial charge in [0, 0.05) is 17.8 Å². The second kappa shape index (κ2) is 7.98. The van der Waals surface area contributed by atoms with E-state index in [1.165, 1.54) is 12.1 Å². The van der Waals surface area contributed by atoms with E-state index in [4.69, 9.17) is 4.74 Å². The molecular formula is C19H21FN2O3. The van der Waals surface area contributed by atoms with Crippen molar-refractivity contribution in [2.45, 2.75) is 37.8 Å². The first-order valence-corrected chi connectivity index (χ1v) is 8.37. The molecule has 3 rings (SSSR count). The average Bonchev–Trinajstić information content (AvgIpc) is 2.59. The molecule has 0 radical (unpaired) electrons. The minimum Gasteiger partial charge on any atom is -0.457 e. The van der Waals surface area contributed by atoms with Crippen LogP contribution in [0.25, 0.3) is 0 Å². The molecule has 0 aromatic heterocycles. The molecule has 0 saturated heterocycles. The standard InChI is InChI=1S/C19H21FN2O3/c20-13-2-1-3-18(12-13)25-17-10-6-15(7-11-17)22-19(24)21-14-4-8-16(23)9-5-14/h1-3,6-7,10-12,14,16,23H,4-5,8-9H2,(H2,21,22,24). The maximum atomic E-state index is 13.1. The first kappa shape index (κ1) is 17.2. The molecule has 0 spiro atoms. The number of urea groups is 1. The van der Waals surface area contributed by atoms with Gasteiger partial charge in [0.15, 0.2) is 0 Å². The third-order valence-corrected chi connectivity index (χ3v) is 4.18. The van der Waals surface area contributed by atoms with E-state index >= 15 is 0 Å². The molecule has 2 amide bonds. The molecule has 25 heavy (non-hydrogen) atoms. The Kier molecular flexibility index (Phi) is 5.50. The zero-order valence-electron chi connectivity index (χ0n) is 13.7. The van der Waals surface area contributed by atoms with Crippen LogP contribution in [-0.4, -0.2) is 23.3 Å². The molecule has 2 aromatic rings. The monoisotopic (exact) mass is 344 g/mol. The van der Waals surface area contributed by atoms with Gasteiger partial charge in [-0.15, -0.1) is 0 Å². The minimum absolute atomic E-state index is 0.0963. The summed E-state index contributed by atoms with van der Waals surface area (Å²) in [5.41, 5.74) is 0.639. The summed E-state index contributed by atoms with van der Waals surface area (Å²) in [6.07, 6.45) is 2.77. The Balaban J connectivity index is 1.51.